The third kappa shape index (κ3) is 4.75. The maximum Gasteiger partial charge on any atom is 0.335 e. The van der Waals surface area contributed by atoms with E-state index in [-0.39, 0.29) is 22.7 Å². The van der Waals surface area contributed by atoms with E-state index in [4.69, 9.17) is 0 Å². The number of nitrogens with one attached hydrogen (secondary N) is 3. The molecule has 0 atom stereocenters. The standard InChI is InChI=1S/C12H23N3O3/c1-8(11(17)18-6)9(13-4)10(16)15-7-12(2,3)14-5/h13-14H,7H2,1-6H3,(H,15,16). The Morgan fingerprint density at radius 1 is 1.22 bits per heavy atom. The van der Waals surface area contributed by atoms with E-state index in [1.807, 2.05) is 20.9 Å². The van der Waals surface area contributed by atoms with Crippen molar-refractivity contribution in [1.82, 2.24) is 16.0 Å². The molecule has 1 amide bonds. The predicted octanol–water partition coefficient (Wildman–Crippen LogP) is -0.233. The Balaban J connectivity index is 4.79. The van der Waals surface area contributed by atoms with Gasteiger partial charge in [-0.2, -0.15) is 0 Å². The summed E-state index contributed by atoms with van der Waals surface area (Å²) in [5.41, 5.74) is 0.252. The Labute approximate surface area is 108 Å². The number of hydrogen-bond donors (Lipinski definition) is 3. The molecule has 0 saturated heterocycles. The third-order valence-corrected chi connectivity index (χ3v) is 2.71. The predicted molar refractivity (Wildman–Crippen MR) is 69.9 cm³/mol. The normalized spacial score (nSPS) is 12.6. The number of likely N-dealkylation sites (N-methyl/N-ethyl adjacent to an activating group) is 2. The molecular weight excluding hydrogens is 234 g/mol. The van der Waals surface area contributed by atoms with Crippen LogP contribution in [0.3, 0.4) is 0 Å². The van der Waals surface area contributed by atoms with Crippen LogP contribution in [0.5, 0.6) is 0 Å². The van der Waals surface area contributed by atoms with Crippen LogP contribution in [0, 0.1) is 0 Å². The van der Waals surface area contributed by atoms with Crippen LogP contribution in [0.25, 0.3) is 0 Å². The van der Waals surface area contributed by atoms with E-state index in [2.05, 4.69) is 20.7 Å². The van der Waals surface area contributed by atoms with E-state index in [1.165, 1.54) is 7.11 Å². The summed E-state index contributed by atoms with van der Waals surface area (Å²) in [6, 6.07) is 0. The van der Waals surface area contributed by atoms with Gasteiger partial charge >= 0.3 is 5.97 Å². The lowest BCUT2D eigenvalue weighted by Gasteiger charge is -2.24. The highest BCUT2D eigenvalue weighted by Gasteiger charge is 2.20. The van der Waals surface area contributed by atoms with Crippen molar-refractivity contribution in [3.8, 4) is 0 Å². The molecule has 0 aliphatic rings. The van der Waals surface area contributed by atoms with Crippen molar-refractivity contribution in [3.63, 3.8) is 0 Å². The molecule has 0 heterocycles. The largest absolute Gasteiger partial charge is 0.466 e. The van der Waals surface area contributed by atoms with E-state index >= 15 is 0 Å². The van der Waals surface area contributed by atoms with Crippen LogP contribution in [0.15, 0.2) is 11.3 Å². The van der Waals surface area contributed by atoms with Crippen molar-refractivity contribution in [2.45, 2.75) is 26.3 Å². The molecule has 0 bridgehead atoms. The Morgan fingerprint density at radius 3 is 2.17 bits per heavy atom. The van der Waals surface area contributed by atoms with Crippen molar-refractivity contribution < 1.29 is 14.3 Å². The second-order valence-corrected chi connectivity index (χ2v) is 4.56. The average molecular weight is 257 g/mol. The molecule has 0 aromatic rings. The van der Waals surface area contributed by atoms with Gasteiger partial charge in [0.2, 0.25) is 0 Å². The number of amides is 1. The molecule has 0 aliphatic heterocycles. The van der Waals surface area contributed by atoms with Crippen molar-refractivity contribution in [2.75, 3.05) is 27.7 Å². The molecule has 6 heteroatoms. The third-order valence-electron chi connectivity index (χ3n) is 2.71. The number of rotatable bonds is 6. The number of esters is 1. The molecule has 0 saturated carbocycles. The molecular formula is C12H23N3O3. The molecule has 0 unspecified atom stereocenters. The topological polar surface area (TPSA) is 79.5 Å². The fourth-order valence-corrected chi connectivity index (χ4v) is 1.20. The number of carbonyl (C=O) groups excluding carboxylic acids is 2. The van der Waals surface area contributed by atoms with Gasteiger partial charge < -0.3 is 20.7 Å². The summed E-state index contributed by atoms with van der Waals surface area (Å²) in [5.74, 6) is -0.855. The molecule has 0 radical (unpaired) electrons. The molecule has 0 fully saturated rings. The van der Waals surface area contributed by atoms with Crippen LogP contribution < -0.4 is 16.0 Å². The van der Waals surface area contributed by atoms with Gasteiger partial charge in [-0.3, -0.25) is 4.79 Å². The zero-order valence-corrected chi connectivity index (χ0v) is 11.9. The fourth-order valence-electron chi connectivity index (χ4n) is 1.20. The summed E-state index contributed by atoms with van der Waals surface area (Å²) in [4.78, 5) is 23.3. The van der Waals surface area contributed by atoms with Crippen LogP contribution in [0.4, 0.5) is 0 Å². The van der Waals surface area contributed by atoms with Gasteiger partial charge in [-0.15, -0.1) is 0 Å². The van der Waals surface area contributed by atoms with E-state index in [1.54, 1.807) is 14.0 Å². The maximum absolute atomic E-state index is 11.9. The van der Waals surface area contributed by atoms with Crippen molar-refractivity contribution in [3.05, 3.63) is 11.3 Å². The molecule has 0 spiro atoms. The first kappa shape index (κ1) is 16.4. The summed E-state index contributed by atoms with van der Waals surface area (Å²) in [6.45, 7) is 5.91. The van der Waals surface area contributed by atoms with Gasteiger partial charge in [-0.1, -0.05) is 0 Å². The molecule has 0 rings (SSSR count). The Kier molecular flexibility index (Phi) is 6.40. The van der Waals surface area contributed by atoms with E-state index in [9.17, 15) is 9.59 Å². The highest BCUT2D eigenvalue weighted by molar-refractivity contribution is 6.01. The van der Waals surface area contributed by atoms with Crippen LogP contribution in [-0.4, -0.2) is 45.2 Å². The van der Waals surface area contributed by atoms with E-state index < -0.39 is 5.97 Å². The minimum atomic E-state index is -0.526. The first-order chi connectivity index (χ1) is 8.29. The van der Waals surface area contributed by atoms with Crippen molar-refractivity contribution in [1.29, 1.82) is 0 Å². The van der Waals surface area contributed by atoms with Gasteiger partial charge in [0.15, 0.2) is 0 Å². The molecule has 0 aromatic heterocycles. The molecule has 0 aliphatic carbocycles. The number of carbonyl (C=O) groups is 2. The van der Waals surface area contributed by atoms with Crippen LogP contribution >= 0.6 is 0 Å². The Hall–Kier alpha value is -1.56. The molecule has 3 N–H and O–H groups in total. The van der Waals surface area contributed by atoms with Gasteiger partial charge in [0.25, 0.3) is 5.91 Å². The average Bonchev–Trinajstić information content (AvgIpc) is 2.36. The summed E-state index contributed by atoms with van der Waals surface area (Å²) < 4.78 is 4.58. The summed E-state index contributed by atoms with van der Waals surface area (Å²) in [7, 11) is 4.69. The Bertz CT molecular complexity index is 348. The lowest BCUT2D eigenvalue weighted by Crippen LogP contribution is -2.48. The van der Waals surface area contributed by atoms with Gasteiger partial charge in [0.1, 0.15) is 5.70 Å². The first-order valence-electron chi connectivity index (χ1n) is 5.73. The number of hydrogen-bond acceptors (Lipinski definition) is 5. The first-order valence-corrected chi connectivity index (χ1v) is 5.73. The van der Waals surface area contributed by atoms with E-state index in [0.717, 1.165) is 0 Å². The fraction of sp³-hybridized carbons (Fsp3) is 0.667. The Morgan fingerprint density at radius 2 is 1.78 bits per heavy atom. The van der Waals surface area contributed by atoms with Gasteiger partial charge in [-0.05, 0) is 27.8 Å². The van der Waals surface area contributed by atoms with E-state index in [0.29, 0.717) is 6.54 Å². The van der Waals surface area contributed by atoms with Crippen LogP contribution in [0.2, 0.25) is 0 Å². The minimum absolute atomic E-state index is 0.215. The summed E-state index contributed by atoms with van der Waals surface area (Å²) in [5, 5.41) is 8.55. The van der Waals surface area contributed by atoms with Crippen molar-refractivity contribution >= 4 is 11.9 Å². The lowest BCUT2D eigenvalue weighted by atomic mass is 10.1. The lowest BCUT2D eigenvalue weighted by molar-refractivity contribution is -0.136. The highest BCUT2D eigenvalue weighted by atomic mass is 16.5. The van der Waals surface area contributed by atoms with Crippen molar-refractivity contribution in [2.24, 2.45) is 0 Å². The second kappa shape index (κ2) is 7.00. The van der Waals surface area contributed by atoms with Crippen LogP contribution in [0.1, 0.15) is 20.8 Å². The van der Waals surface area contributed by atoms with Crippen LogP contribution in [-0.2, 0) is 14.3 Å². The minimum Gasteiger partial charge on any atom is -0.466 e. The maximum atomic E-state index is 11.9. The zero-order valence-electron chi connectivity index (χ0n) is 11.9. The number of ether oxygens (including phenoxy) is 1. The highest BCUT2D eigenvalue weighted by Crippen LogP contribution is 2.04. The SMILES string of the molecule is CNC(C(=O)NCC(C)(C)NC)=C(C)C(=O)OC. The van der Waals surface area contributed by atoms with Gasteiger partial charge in [-0.25, -0.2) is 4.79 Å². The molecule has 18 heavy (non-hydrogen) atoms. The zero-order chi connectivity index (χ0) is 14.3. The molecule has 104 valence electrons. The summed E-state index contributed by atoms with van der Waals surface area (Å²) >= 11 is 0. The van der Waals surface area contributed by atoms with Gasteiger partial charge in [0.05, 0.1) is 12.7 Å². The molecule has 0 aromatic carbocycles. The molecule has 6 nitrogen and oxygen atoms in total. The quantitative estimate of drug-likeness (QED) is 0.452. The monoisotopic (exact) mass is 257 g/mol. The number of methoxy groups -OCH3 is 1. The second-order valence-electron chi connectivity index (χ2n) is 4.56. The summed E-state index contributed by atoms with van der Waals surface area (Å²) in [6.07, 6.45) is 0. The van der Waals surface area contributed by atoms with Gasteiger partial charge in [0, 0.05) is 19.1 Å². The smallest absolute Gasteiger partial charge is 0.335 e.